The van der Waals surface area contributed by atoms with Gasteiger partial charge in [0.15, 0.2) is 0 Å². The van der Waals surface area contributed by atoms with Gasteiger partial charge in [-0.25, -0.2) is 0 Å². The van der Waals surface area contributed by atoms with Crippen molar-refractivity contribution in [2.24, 2.45) is 0 Å². The van der Waals surface area contributed by atoms with Gasteiger partial charge in [-0.2, -0.15) is 0 Å². The first-order valence-electron chi connectivity index (χ1n) is 7.06. The number of carbonyl (C=O) groups excluding carboxylic acids is 1. The fourth-order valence-corrected chi connectivity index (χ4v) is 2.78. The highest BCUT2D eigenvalue weighted by Gasteiger charge is 2.31. The molecular weight excluding hydrogens is 254 g/mol. The van der Waals surface area contributed by atoms with Crippen molar-refractivity contribution in [3.8, 4) is 0 Å². The van der Waals surface area contributed by atoms with Crippen molar-refractivity contribution in [2.45, 2.75) is 38.8 Å². The number of rotatable bonds is 4. The first kappa shape index (κ1) is 14.8. The molecule has 0 aliphatic carbocycles. The average Bonchev–Trinajstić information content (AvgIpc) is 2.89. The fraction of sp³-hybridized carbons (Fsp3) is 0.533. The molecular formula is C15H23N3O2. The number of aliphatic hydroxyl groups excluding tert-OH is 1. The lowest BCUT2D eigenvalue weighted by atomic mass is 10.1. The number of amides is 1. The van der Waals surface area contributed by atoms with Crippen LogP contribution in [0.25, 0.3) is 0 Å². The zero-order valence-electron chi connectivity index (χ0n) is 12.1. The van der Waals surface area contributed by atoms with Crippen LogP contribution in [-0.2, 0) is 4.79 Å². The molecule has 1 saturated heterocycles. The number of carbonyl (C=O) groups is 1. The lowest BCUT2D eigenvalue weighted by molar-refractivity contribution is -0.121. The summed E-state index contributed by atoms with van der Waals surface area (Å²) in [5.74, 6) is -0.0433. The van der Waals surface area contributed by atoms with Crippen LogP contribution >= 0.6 is 0 Å². The number of nitrogens with two attached hydrogens (primary N) is 1. The van der Waals surface area contributed by atoms with E-state index < -0.39 is 0 Å². The second kappa shape index (κ2) is 6.24. The van der Waals surface area contributed by atoms with Gasteiger partial charge in [0.25, 0.3) is 0 Å². The molecule has 0 spiro atoms. The molecule has 1 aromatic carbocycles. The molecule has 5 nitrogen and oxygen atoms in total. The van der Waals surface area contributed by atoms with E-state index in [0.717, 1.165) is 30.6 Å². The van der Waals surface area contributed by atoms with E-state index in [2.05, 4.69) is 10.2 Å². The Balaban J connectivity index is 2.04. The minimum Gasteiger partial charge on any atom is -0.399 e. The molecule has 1 fully saturated rings. The predicted molar refractivity (Wildman–Crippen MR) is 80.5 cm³/mol. The highest BCUT2D eigenvalue weighted by Crippen LogP contribution is 2.22. The number of nitrogen functional groups attached to an aromatic ring is 1. The molecule has 4 N–H and O–H groups in total. The third kappa shape index (κ3) is 3.11. The fourth-order valence-electron chi connectivity index (χ4n) is 2.78. The van der Waals surface area contributed by atoms with Crippen molar-refractivity contribution in [1.82, 2.24) is 4.90 Å². The Morgan fingerprint density at radius 1 is 1.60 bits per heavy atom. The summed E-state index contributed by atoms with van der Waals surface area (Å²) in [4.78, 5) is 14.4. The van der Waals surface area contributed by atoms with Crippen molar-refractivity contribution in [3.05, 3.63) is 23.8 Å². The SMILES string of the molecule is Cc1cc(N)ccc1NC(=O)C(C)N1CCCC1CO. The molecule has 2 rings (SSSR count). The molecule has 110 valence electrons. The number of anilines is 2. The topological polar surface area (TPSA) is 78.6 Å². The number of nitrogens with one attached hydrogen (secondary N) is 1. The normalized spacial score (nSPS) is 20.9. The molecule has 1 aliphatic heterocycles. The van der Waals surface area contributed by atoms with Crippen molar-refractivity contribution in [1.29, 1.82) is 0 Å². The van der Waals surface area contributed by atoms with Crippen LogP contribution in [0.15, 0.2) is 18.2 Å². The van der Waals surface area contributed by atoms with Crippen molar-refractivity contribution in [3.63, 3.8) is 0 Å². The first-order valence-corrected chi connectivity index (χ1v) is 7.06. The molecule has 5 heteroatoms. The van der Waals surface area contributed by atoms with Crippen LogP contribution in [0.2, 0.25) is 0 Å². The monoisotopic (exact) mass is 277 g/mol. The third-order valence-electron chi connectivity index (χ3n) is 4.02. The van der Waals surface area contributed by atoms with Crippen LogP contribution in [0.5, 0.6) is 0 Å². The van der Waals surface area contributed by atoms with Gasteiger partial charge in [0, 0.05) is 17.4 Å². The maximum Gasteiger partial charge on any atom is 0.241 e. The number of hydrogen-bond donors (Lipinski definition) is 3. The van der Waals surface area contributed by atoms with E-state index >= 15 is 0 Å². The van der Waals surface area contributed by atoms with Gasteiger partial charge in [0.2, 0.25) is 5.91 Å². The number of nitrogens with zero attached hydrogens (tertiary/aromatic N) is 1. The van der Waals surface area contributed by atoms with Crippen molar-refractivity contribution < 1.29 is 9.90 Å². The predicted octanol–water partition coefficient (Wildman–Crippen LogP) is 1.36. The largest absolute Gasteiger partial charge is 0.399 e. The Morgan fingerprint density at radius 3 is 3.00 bits per heavy atom. The quantitative estimate of drug-likeness (QED) is 0.726. The minimum atomic E-state index is -0.244. The number of aryl methyl sites for hydroxylation is 1. The lowest BCUT2D eigenvalue weighted by Crippen LogP contribution is -2.45. The zero-order chi connectivity index (χ0) is 14.7. The summed E-state index contributed by atoms with van der Waals surface area (Å²) in [6.07, 6.45) is 1.98. The third-order valence-corrected chi connectivity index (χ3v) is 4.02. The van der Waals surface area contributed by atoms with Crippen molar-refractivity contribution in [2.75, 3.05) is 24.2 Å². The summed E-state index contributed by atoms with van der Waals surface area (Å²) in [6, 6.07) is 5.30. The molecule has 2 atom stereocenters. The van der Waals surface area contributed by atoms with Crippen LogP contribution in [0.4, 0.5) is 11.4 Å². The Hall–Kier alpha value is -1.59. The Labute approximate surface area is 119 Å². The molecule has 1 aliphatic rings. The number of aliphatic hydroxyl groups is 1. The van der Waals surface area contributed by atoms with E-state index in [1.807, 2.05) is 26.0 Å². The van der Waals surface area contributed by atoms with Gasteiger partial charge in [-0.05, 0) is 57.0 Å². The molecule has 20 heavy (non-hydrogen) atoms. The summed E-state index contributed by atoms with van der Waals surface area (Å²) >= 11 is 0. The summed E-state index contributed by atoms with van der Waals surface area (Å²) in [6.45, 7) is 4.78. The van der Waals surface area contributed by atoms with Crippen LogP contribution in [0, 0.1) is 6.92 Å². The summed E-state index contributed by atoms with van der Waals surface area (Å²) in [5.41, 5.74) is 8.13. The zero-order valence-corrected chi connectivity index (χ0v) is 12.1. The van der Waals surface area contributed by atoms with Gasteiger partial charge in [0.05, 0.1) is 12.6 Å². The molecule has 2 unspecified atom stereocenters. The van der Waals surface area contributed by atoms with Gasteiger partial charge in [-0.1, -0.05) is 0 Å². The van der Waals surface area contributed by atoms with Crippen LogP contribution in [0.1, 0.15) is 25.3 Å². The lowest BCUT2D eigenvalue weighted by Gasteiger charge is -2.28. The van der Waals surface area contributed by atoms with Gasteiger partial charge in [-0.15, -0.1) is 0 Å². The standard InChI is InChI=1S/C15H23N3O2/c1-10-8-12(16)5-6-14(10)17-15(20)11(2)18-7-3-4-13(18)9-19/h5-6,8,11,13,19H,3-4,7,9,16H2,1-2H3,(H,17,20). The number of hydrogen-bond acceptors (Lipinski definition) is 4. The van der Waals surface area contributed by atoms with Crippen molar-refractivity contribution >= 4 is 17.3 Å². The molecule has 0 radical (unpaired) electrons. The maximum atomic E-state index is 12.3. The highest BCUT2D eigenvalue weighted by atomic mass is 16.3. The van der Waals surface area contributed by atoms with Crippen LogP contribution in [-0.4, -0.2) is 41.1 Å². The number of likely N-dealkylation sites (tertiary alicyclic amines) is 1. The van der Waals surface area contributed by atoms with E-state index in [0.29, 0.717) is 5.69 Å². The molecule has 0 saturated carbocycles. The maximum absolute atomic E-state index is 12.3. The molecule has 1 amide bonds. The van der Waals surface area contributed by atoms with E-state index in [4.69, 9.17) is 5.73 Å². The Bertz CT molecular complexity index is 490. The smallest absolute Gasteiger partial charge is 0.241 e. The summed E-state index contributed by atoms with van der Waals surface area (Å²) in [7, 11) is 0. The second-order valence-corrected chi connectivity index (χ2v) is 5.46. The van der Waals surface area contributed by atoms with E-state index in [1.54, 1.807) is 6.07 Å². The second-order valence-electron chi connectivity index (χ2n) is 5.46. The first-order chi connectivity index (χ1) is 9.52. The Kier molecular flexibility index (Phi) is 4.62. The highest BCUT2D eigenvalue weighted by molar-refractivity contribution is 5.95. The summed E-state index contributed by atoms with van der Waals surface area (Å²) < 4.78 is 0. The van der Waals surface area contributed by atoms with Gasteiger partial charge >= 0.3 is 0 Å². The molecule has 0 bridgehead atoms. The van der Waals surface area contributed by atoms with Crippen LogP contribution < -0.4 is 11.1 Å². The van der Waals surface area contributed by atoms with Crippen LogP contribution in [0.3, 0.4) is 0 Å². The molecule has 1 aromatic rings. The Morgan fingerprint density at radius 2 is 2.35 bits per heavy atom. The average molecular weight is 277 g/mol. The minimum absolute atomic E-state index is 0.0433. The van der Waals surface area contributed by atoms with E-state index in [-0.39, 0.29) is 24.6 Å². The summed E-state index contributed by atoms with van der Waals surface area (Å²) in [5, 5.41) is 12.3. The van der Waals surface area contributed by atoms with E-state index in [1.165, 1.54) is 0 Å². The van der Waals surface area contributed by atoms with E-state index in [9.17, 15) is 9.90 Å². The number of benzene rings is 1. The van der Waals surface area contributed by atoms with Gasteiger partial charge in [0.1, 0.15) is 0 Å². The van der Waals surface area contributed by atoms with Gasteiger partial charge in [-0.3, -0.25) is 9.69 Å². The molecule has 0 aromatic heterocycles. The van der Waals surface area contributed by atoms with Gasteiger partial charge < -0.3 is 16.2 Å². The molecule has 1 heterocycles.